The maximum absolute atomic E-state index is 12.9. The number of carboxylic acids is 1. The zero-order chi connectivity index (χ0) is 42.8. The molecule has 2 aliphatic carbocycles. The predicted octanol–water partition coefficient (Wildman–Crippen LogP) is 6.05. The van der Waals surface area contributed by atoms with Crippen LogP contribution in [0.15, 0.2) is 88.5 Å². The molecule has 14 heteroatoms. The van der Waals surface area contributed by atoms with Crippen LogP contribution in [0.4, 0.5) is 0 Å². The second kappa shape index (κ2) is 23.4. The SMILES string of the molecule is CC[C@H](C)C(=O)O[C@H]1C[C@H](O)C=C2C=C[C@H](C)[C@H](CC[C@@H](O)C[C@@H](O)CC(=O)O)[C@H]21.O=C(NC1CCN(CCCc2ccccc2)CC1)C1=Cc2cnc3cccc(n23)S1.[Na]. The number of benzene rings is 1. The molecule has 0 unspecified atom stereocenters. The fraction of sp³-hybridized carbons (Fsp3) is 0.532. The number of carbonyl (C=O) groups excluding carboxylic acids is 2. The number of fused-ring (bicyclic) bond motifs is 1. The van der Waals surface area contributed by atoms with Crippen LogP contribution in [-0.2, 0) is 25.5 Å². The number of amides is 1. The number of carboxylic acid groups (broad SMARTS) is 1. The minimum absolute atomic E-state index is 0. The molecule has 0 bridgehead atoms. The molecule has 5 N–H and O–H groups in total. The maximum Gasteiger partial charge on any atom is 0.308 e. The van der Waals surface area contributed by atoms with Crippen molar-refractivity contribution < 1.29 is 39.5 Å². The quantitative estimate of drug-likeness (QED) is 0.0838. The van der Waals surface area contributed by atoms with E-state index in [1.807, 2.05) is 56.5 Å². The molecule has 0 spiro atoms. The Kier molecular flexibility index (Phi) is 18.7. The van der Waals surface area contributed by atoms with E-state index in [4.69, 9.17) is 9.84 Å². The van der Waals surface area contributed by atoms with E-state index in [9.17, 15) is 29.7 Å². The number of hydrogen-bond acceptors (Lipinski definition) is 10. The Labute approximate surface area is 386 Å². The molecule has 2 aliphatic heterocycles. The molecule has 12 nitrogen and oxygen atoms in total. The van der Waals surface area contributed by atoms with Gasteiger partial charge in [0.25, 0.3) is 5.91 Å². The monoisotopic (exact) mass is 865 g/mol. The van der Waals surface area contributed by atoms with E-state index < -0.39 is 30.4 Å². The number of pyridine rings is 1. The number of nitrogens with one attached hydrogen (secondary N) is 1. The molecule has 1 radical (unpaired) electrons. The summed E-state index contributed by atoms with van der Waals surface area (Å²) in [5, 5.41) is 43.4. The Morgan fingerprint density at radius 3 is 2.52 bits per heavy atom. The Balaban J connectivity index is 0.000000227. The molecular weight excluding hydrogens is 804 g/mol. The van der Waals surface area contributed by atoms with E-state index in [-0.39, 0.29) is 84.0 Å². The number of carbonyl (C=O) groups is 3. The van der Waals surface area contributed by atoms with E-state index in [0.717, 1.165) is 65.7 Å². The molecule has 4 heterocycles. The number of aryl methyl sites for hydroxylation is 1. The van der Waals surface area contributed by atoms with Crippen molar-refractivity contribution >= 4 is 70.9 Å². The first-order chi connectivity index (χ1) is 28.9. The number of ether oxygens (including phenoxy) is 1. The topological polar surface area (TPSA) is 174 Å². The van der Waals surface area contributed by atoms with Crippen molar-refractivity contribution in [1.29, 1.82) is 0 Å². The summed E-state index contributed by atoms with van der Waals surface area (Å²) in [6.07, 6.45) is 12.8. The summed E-state index contributed by atoms with van der Waals surface area (Å²) in [6, 6.07) is 17.0. The predicted molar refractivity (Wildman–Crippen MR) is 239 cm³/mol. The van der Waals surface area contributed by atoms with Gasteiger partial charge < -0.3 is 35.4 Å². The molecule has 3 aromatic rings. The van der Waals surface area contributed by atoms with Crippen molar-refractivity contribution in [2.45, 2.75) is 120 Å². The van der Waals surface area contributed by atoms with Crippen LogP contribution in [0, 0.1) is 23.7 Å². The summed E-state index contributed by atoms with van der Waals surface area (Å²) < 4.78 is 7.93. The van der Waals surface area contributed by atoms with Crippen LogP contribution in [0.25, 0.3) is 11.7 Å². The fourth-order valence-corrected chi connectivity index (χ4v) is 9.82. The number of allylic oxidation sites excluding steroid dienone is 2. The number of hydrogen-bond donors (Lipinski definition) is 5. The average Bonchev–Trinajstić information content (AvgIpc) is 3.65. The number of aliphatic carboxylic acids is 1. The molecular formula is C47H62N4NaO8S. The molecule has 325 valence electrons. The molecule has 61 heavy (non-hydrogen) atoms. The van der Waals surface area contributed by atoms with Crippen LogP contribution in [0.5, 0.6) is 0 Å². The number of imidazole rings is 1. The van der Waals surface area contributed by atoms with Crippen LogP contribution in [0.2, 0.25) is 0 Å². The van der Waals surface area contributed by atoms with Gasteiger partial charge in [-0.2, -0.15) is 0 Å². The number of rotatable bonds is 16. The standard InChI is InChI=1S/C24H26N4OS.C23H36O7.Na/c29-24(21-16-20-17-25-22-9-4-10-23(30-21)28(20)22)26-19-11-14-27(15-12-19)13-5-8-18-6-2-1-3-7-18;1-4-13(2)23(29)30-20-11-17(25)9-15-6-5-14(3)19(22(15)20)8-7-16(24)10-18(26)12-21(27)28;/h1-4,6-7,9-10,16-17,19H,5,8,11-15H2,(H,26,29);5-6,9,13-14,16-20,22,24-26H,4,7-8,10-12H2,1-3H3,(H,27,28);/t;13-,14-,16+,17+,18+,19-,20-,22-;/m.0./s1. The van der Waals surface area contributed by atoms with Crippen molar-refractivity contribution in [3.8, 4) is 0 Å². The third-order valence-electron chi connectivity index (χ3n) is 12.4. The maximum atomic E-state index is 12.9. The number of aliphatic hydroxyl groups excluding tert-OH is 3. The zero-order valence-corrected chi connectivity index (χ0v) is 38.9. The van der Waals surface area contributed by atoms with Crippen LogP contribution in [0.3, 0.4) is 0 Å². The van der Waals surface area contributed by atoms with Gasteiger partial charge in [-0.3, -0.25) is 18.8 Å². The van der Waals surface area contributed by atoms with Gasteiger partial charge in [-0.15, -0.1) is 0 Å². The van der Waals surface area contributed by atoms with Crippen molar-refractivity contribution in [1.82, 2.24) is 19.6 Å². The number of thioether (sulfide) groups is 1. The Bertz CT molecular complexity index is 2020. The summed E-state index contributed by atoms with van der Waals surface area (Å²) in [5.41, 5.74) is 4.26. The molecule has 8 atom stereocenters. The molecule has 0 saturated carbocycles. The van der Waals surface area contributed by atoms with E-state index >= 15 is 0 Å². The molecule has 1 amide bonds. The summed E-state index contributed by atoms with van der Waals surface area (Å²) in [7, 11) is 0. The van der Waals surface area contributed by atoms with E-state index in [0.29, 0.717) is 25.7 Å². The number of aliphatic hydroxyl groups is 3. The largest absolute Gasteiger partial charge is 0.481 e. The first kappa shape index (κ1) is 48.8. The van der Waals surface area contributed by atoms with Gasteiger partial charge in [0.15, 0.2) is 0 Å². The number of aromatic nitrogens is 2. The summed E-state index contributed by atoms with van der Waals surface area (Å²) in [4.78, 5) is 43.7. The van der Waals surface area contributed by atoms with Gasteiger partial charge in [-0.25, -0.2) is 4.98 Å². The summed E-state index contributed by atoms with van der Waals surface area (Å²) in [6.45, 7) is 9.09. The second-order valence-corrected chi connectivity index (χ2v) is 18.0. The smallest absolute Gasteiger partial charge is 0.308 e. The van der Waals surface area contributed by atoms with Gasteiger partial charge >= 0.3 is 11.9 Å². The first-order valence-electron chi connectivity index (χ1n) is 21.7. The van der Waals surface area contributed by atoms with E-state index in [1.165, 1.54) is 23.7 Å². The minimum atomic E-state index is -1.10. The molecule has 4 aliphatic rings. The van der Waals surface area contributed by atoms with Crippen molar-refractivity contribution in [3.05, 3.63) is 94.7 Å². The number of nitrogens with zero attached hydrogens (tertiary/aromatic N) is 3. The summed E-state index contributed by atoms with van der Waals surface area (Å²) in [5.74, 6) is -1.28. The van der Waals surface area contributed by atoms with Crippen LogP contribution in [-0.4, -0.2) is 132 Å². The van der Waals surface area contributed by atoms with E-state index in [2.05, 4.69) is 62.9 Å². The third-order valence-corrected chi connectivity index (χ3v) is 13.4. The van der Waals surface area contributed by atoms with Gasteiger partial charge in [0.05, 0.1) is 52.5 Å². The first-order valence-corrected chi connectivity index (χ1v) is 22.5. The van der Waals surface area contributed by atoms with Crippen LogP contribution >= 0.6 is 11.8 Å². The van der Waals surface area contributed by atoms with Gasteiger partial charge in [0.1, 0.15) is 11.8 Å². The number of likely N-dealkylation sites (tertiary alicyclic amines) is 1. The minimum Gasteiger partial charge on any atom is -0.481 e. The van der Waals surface area contributed by atoms with Gasteiger partial charge in [-0.05, 0) is 99.1 Å². The normalized spacial score (nSPS) is 23.8. The number of esters is 1. The molecule has 1 aromatic carbocycles. The number of piperidine rings is 1. The molecule has 7 rings (SSSR count). The Morgan fingerprint density at radius 2 is 1.80 bits per heavy atom. The van der Waals surface area contributed by atoms with Crippen LogP contribution in [0.1, 0.15) is 89.8 Å². The van der Waals surface area contributed by atoms with Crippen molar-refractivity contribution in [3.63, 3.8) is 0 Å². The van der Waals surface area contributed by atoms with E-state index in [1.54, 1.807) is 0 Å². The van der Waals surface area contributed by atoms with Crippen LogP contribution < -0.4 is 5.32 Å². The Hall–Kier alpha value is -3.27. The van der Waals surface area contributed by atoms with Crippen molar-refractivity contribution in [2.24, 2.45) is 23.7 Å². The zero-order valence-electron chi connectivity index (χ0n) is 36.1. The van der Waals surface area contributed by atoms with Gasteiger partial charge in [0, 0.05) is 61.0 Å². The second-order valence-electron chi connectivity index (χ2n) is 16.9. The van der Waals surface area contributed by atoms with Crippen molar-refractivity contribution in [2.75, 3.05) is 19.6 Å². The third kappa shape index (κ3) is 13.6. The molecule has 2 aromatic heterocycles. The average molecular weight is 866 g/mol. The molecule has 1 fully saturated rings. The Morgan fingerprint density at radius 1 is 1.05 bits per heavy atom. The summed E-state index contributed by atoms with van der Waals surface area (Å²) >= 11 is 1.52. The molecule has 1 saturated heterocycles. The van der Waals surface area contributed by atoms with Gasteiger partial charge in [-0.1, -0.05) is 87.2 Å². The van der Waals surface area contributed by atoms with Gasteiger partial charge in [0.2, 0.25) is 0 Å². The fourth-order valence-electron chi connectivity index (χ4n) is 8.83.